The molecule has 564 valence electrons. The Balaban J connectivity index is 3.84. The lowest BCUT2D eigenvalue weighted by atomic mass is 10.0. The summed E-state index contributed by atoms with van der Waals surface area (Å²) in [6, 6.07) is 0. The van der Waals surface area contributed by atoms with E-state index < -0.39 is 26.5 Å². The van der Waals surface area contributed by atoms with Gasteiger partial charge in [0.25, 0.3) is 7.82 Å². The minimum Gasteiger partial charge on any atom is -0.756 e. The van der Waals surface area contributed by atoms with Crippen LogP contribution >= 0.6 is 7.82 Å². The quantitative estimate of drug-likeness (QED) is 0.0195. The molecule has 0 fully saturated rings. The summed E-state index contributed by atoms with van der Waals surface area (Å²) >= 11 is 0. The van der Waals surface area contributed by atoms with Crippen LogP contribution in [0, 0.1) is 0 Å². The Bertz CT molecular complexity index is 1650. The van der Waals surface area contributed by atoms with Gasteiger partial charge in [-0.1, -0.05) is 423 Å². The van der Waals surface area contributed by atoms with Crippen LogP contribution in [0.15, 0.2) is 24.3 Å². The summed E-state index contributed by atoms with van der Waals surface area (Å²) in [6.07, 6.45) is 99.1. The Kier molecular flexibility index (Phi) is 75.4. The first-order chi connectivity index (χ1) is 46.5. The summed E-state index contributed by atoms with van der Waals surface area (Å²) in [7, 11) is 1.20. The fourth-order valence-electron chi connectivity index (χ4n) is 13.2. The van der Waals surface area contributed by atoms with Crippen LogP contribution in [0.4, 0.5) is 0 Å². The summed E-state index contributed by atoms with van der Waals surface area (Å²) in [5.74, 6) is -0.802. The number of unbranched alkanes of at least 4 members (excludes halogenated alkanes) is 63. The highest BCUT2D eigenvalue weighted by molar-refractivity contribution is 7.45. The van der Waals surface area contributed by atoms with Gasteiger partial charge in [-0.05, 0) is 44.9 Å². The van der Waals surface area contributed by atoms with Crippen molar-refractivity contribution in [3.8, 4) is 0 Å². The molecule has 0 saturated carbocycles. The molecule has 0 N–H and O–H groups in total. The number of phosphoric ester groups is 1. The van der Waals surface area contributed by atoms with Crippen molar-refractivity contribution in [1.82, 2.24) is 0 Å². The third kappa shape index (κ3) is 81.3. The molecule has 0 aromatic heterocycles. The fourth-order valence-corrected chi connectivity index (χ4v) is 14.0. The monoisotopic (exact) mass is 1360 g/mol. The van der Waals surface area contributed by atoms with E-state index >= 15 is 0 Å². The highest BCUT2D eigenvalue weighted by atomic mass is 31.2. The van der Waals surface area contributed by atoms with Crippen molar-refractivity contribution in [2.75, 3.05) is 47.5 Å². The van der Waals surface area contributed by atoms with Gasteiger partial charge in [-0.2, -0.15) is 0 Å². The Morgan fingerprint density at radius 3 is 0.832 bits per heavy atom. The van der Waals surface area contributed by atoms with Gasteiger partial charge in [-0.25, -0.2) is 0 Å². The van der Waals surface area contributed by atoms with Crippen LogP contribution in [0.5, 0.6) is 0 Å². The first kappa shape index (κ1) is 93.5. The van der Waals surface area contributed by atoms with Crippen LogP contribution in [-0.4, -0.2) is 70.0 Å². The average molecular weight is 1360 g/mol. The summed E-state index contributed by atoms with van der Waals surface area (Å²) in [4.78, 5) is 38.2. The van der Waals surface area contributed by atoms with E-state index in [9.17, 15) is 19.0 Å². The van der Waals surface area contributed by atoms with E-state index in [1.165, 1.54) is 385 Å². The molecule has 9 nitrogen and oxygen atoms in total. The topological polar surface area (TPSA) is 111 Å². The molecule has 2 atom stereocenters. The largest absolute Gasteiger partial charge is 0.756 e. The summed E-state index contributed by atoms with van der Waals surface area (Å²) in [5.41, 5.74) is 0. The summed E-state index contributed by atoms with van der Waals surface area (Å²) in [6.45, 7) is 4.33. The molecule has 0 aliphatic heterocycles. The van der Waals surface area contributed by atoms with Crippen molar-refractivity contribution in [2.45, 2.75) is 463 Å². The smallest absolute Gasteiger partial charge is 0.306 e. The molecular weight excluding hydrogens is 1190 g/mol. The molecular formula is C85H166NO8P. The number of rotatable bonds is 81. The minimum atomic E-state index is -4.64. The van der Waals surface area contributed by atoms with Gasteiger partial charge in [0.15, 0.2) is 6.10 Å². The lowest BCUT2D eigenvalue weighted by molar-refractivity contribution is -0.870. The number of esters is 2. The van der Waals surface area contributed by atoms with E-state index in [-0.39, 0.29) is 32.0 Å². The van der Waals surface area contributed by atoms with Crippen molar-refractivity contribution >= 4 is 19.8 Å². The molecule has 0 heterocycles. The maximum atomic E-state index is 12.9. The Labute approximate surface area is 593 Å². The Hall–Kier alpha value is -1.51. The van der Waals surface area contributed by atoms with Gasteiger partial charge >= 0.3 is 11.9 Å². The molecule has 0 aliphatic rings. The van der Waals surface area contributed by atoms with Gasteiger partial charge in [0, 0.05) is 12.8 Å². The van der Waals surface area contributed by atoms with Gasteiger partial charge in [0.2, 0.25) is 0 Å². The van der Waals surface area contributed by atoms with Crippen LogP contribution in [0.25, 0.3) is 0 Å². The third-order valence-corrected chi connectivity index (χ3v) is 20.7. The molecule has 0 bridgehead atoms. The predicted octanol–water partition coefficient (Wildman–Crippen LogP) is 27.7. The second-order valence-corrected chi connectivity index (χ2v) is 32.0. The number of carbonyl (C=O) groups is 2. The van der Waals surface area contributed by atoms with E-state index in [1.807, 2.05) is 21.1 Å². The van der Waals surface area contributed by atoms with E-state index in [0.29, 0.717) is 17.4 Å². The molecule has 0 aliphatic carbocycles. The number of likely N-dealkylation sites (N-methyl/N-ethyl adjacent to an activating group) is 1. The normalized spacial score (nSPS) is 13.0. The molecule has 95 heavy (non-hydrogen) atoms. The zero-order chi connectivity index (χ0) is 69.0. The SMILES string of the molecule is CCCCCCC/C=C\C/C=C\CCCCCCCCCCCCCCCCCCCCCCCCCCCCCCCC(=O)OC(COC(=O)CCCCCCCCCCCCCCCCCCCCCCCCCCCCCCCC)COP(=O)([O-])OCC[N+](C)(C)C. The highest BCUT2D eigenvalue weighted by Gasteiger charge is 2.22. The van der Waals surface area contributed by atoms with Crippen LogP contribution in [-0.2, 0) is 32.7 Å². The first-order valence-corrected chi connectivity index (χ1v) is 44.0. The maximum Gasteiger partial charge on any atom is 0.306 e. The summed E-state index contributed by atoms with van der Waals surface area (Å²) < 4.78 is 34.5. The lowest BCUT2D eigenvalue weighted by Crippen LogP contribution is -2.37. The molecule has 0 radical (unpaired) electrons. The molecule has 10 heteroatoms. The zero-order valence-corrected chi connectivity index (χ0v) is 65.6. The third-order valence-electron chi connectivity index (χ3n) is 19.7. The fraction of sp³-hybridized carbons (Fsp3) is 0.929. The van der Waals surface area contributed by atoms with Gasteiger partial charge in [-0.15, -0.1) is 0 Å². The molecule has 0 aromatic rings. The van der Waals surface area contributed by atoms with E-state index in [0.717, 1.165) is 38.5 Å². The number of ether oxygens (including phenoxy) is 2. The number of hydrogen-bond acceptors (Lipinski definition) is 8. The molecule has 2 unspecified atom stereocenters. The van der Waals surface area contributed by atoms with Crippen LogP contribution in [0.2, 0.25) is 0 Å². The lowest BCUT2D eigenvalue weighted by Gasteiger charge is -2.28. The number of phosphoric acid groups is 1. The molecule has 0 saturated heterocycles. The number of carbonyl (C=O) groups excluding carboxylic acids is 2. The van der Waals surface area contributed by atoms with Crippen molar-refractivity contribution in [3.63, 3.8) is 0 Å². The molecule has 0 amide bonds. The van der Waals surface area contributed by atoms with Crippen molar-refractivity contribution < 1.29 is 42.1 Å². The van der Waals surface area contributed by atoms with Crippen molar-refractivity contribution in [3.05, 3.63) is 24.3 Å². The van der Waals surface area contributed by atoms with Crippen LogP contribution in [0.3, 0.4) is 0 Å². The van der Waals surface area contributed by atoms with Gasteiger partial charge in [0.05, 0.1) is 27.7 Å². The number of quaternary nitrogens is 1. The standard InChI is InChI=1S/C85H166NO8P/c1-6-8-10-12-14-16-18-20-22-24-26-28-30-32-34-36-38-39-40-41-42-43-44-45-46-47-48-50-52-54-56-58-60-62-64-66-68-70-72-74-76-78-85(88)94-83(82-93-95(89,90)92-80-79-86(3,4)5)81-91-84(87)77-75-73-71-69-67-65-63-61-59-57-55-53-51-49-37-35-33-31-29-27-25-23-21-19-17-15-13-11-9-7-2/h18,20,24,26,83H,6-17,19,21-23,25,27-82H2,1-5H3/b20-18-,26-24-. The Morgan fingerprint density at radius 2 is 0.568 bits per heavy atom. The first-order valence-electron chi connectivity index (χ1n) is 42.5. The highest BCUT2D eigenvalue weighted by Crippen LogP contribution is 2.38. The Morgan fingerprint density at radius 1 is 0.326 bits per heavy atom. The zero-order valence-electron chi connectivity index (χ0n) is 64.7. The molecule has 0 spiro atoms. The van der Waals surface area contributed by atoms with Crippen molar-refractivity contribution in [1.29, 1.82) is 0 Å². The minimum absolute atomic E-state index is 0.0257. The number of allylic oxidation sites excluding steroid dienone is 4. The number of nitrogens with zero attached hydrogens (tertiary/aromatic N) is 1. The maximum absolute atomic E-state index is 12.9. The number of hydrogen-bond donors (Lipinski definition) is 0. The average Bonchev–Trinajstić information content (AvgIpc) is 1.81. The molecule has 0 aromatic carbocycles. The second-order valence-electron chi connectivity index (χ2n) is 30.6. The van der Waals surface area contributed by atoms with Crippen LogP contribution in [0.1, 0.15) is 457 Å². The summed E-state index contributed by atoms with van der Waals surface area (Å²) in [5, 5.41) is 0. The van der Waals surface area contributed by atoms with Crippen LogP contribution < -0.4 is 4.89 Å². The van der Waals surface area contributed by atoms with E-state index in [4.69, 9.17) is 18.5 Å². The van der Waals surface area contributed by atoms with Gasteiger partial charge < -0.3 is 27.9 Å². The van der Waals surface area contributed by atoms with Gasteiger partial charge in [0.1, 0.15) is 19.8 Å². The van der Waals surface area contributed by atoms with Crippen molar-refractivity contribution in [2.24, 2.45) is 0 Å². The predicted molar refractivity (Wildman–Crippen MR) is 411 cm³/mol. The second kappa shape index (κ2) is 76.7. The van der Waals surface area contributed by atoms with E-state index in [2.05, 4.69) is 38.2 Å². The van der Waals surface area contributed by atoms with Gasteiger partial charge in [-0.3, -0.25) is 14.2 Å². The van der Waals surface area contributed by atoms with E-state index in [1.54, 1.807) is 0 Å². The molecule has 0 rings (SSSR count).